The number of benzene rings is 2. The van der Waals surface area contributed by atoms with E-state index in [1.54, 1.807) is 0 Å². The molecule has 0 aliphatic rings. The van der Waals surface area contributed by atoms with Gasteiger partial charge in [0.25, 0.3) is 0 Å². The molecule has 2 nitrogen and oxygen atoms in total. The van der Waals surface area contributed by atoms with E-state index >= 15 is 0 Å². The van der Waals surface area contributed by atoms with E-state index in [1.165, 1.54) is 0 Å². The lowest BCUT2D eigenvalue weighted by Gasteiger charge is -2.10. The summed E-state index contributed by atoms with van der Waals surface area (Å²) in [6, 6.07) is 17.1. The van der Waals surface area contributed by atoms with Crippen molar-refractivity contribution in [1.29, 1.82) is 0 Å². The Morgan fingerprint density at radius 2 is 1.58 bits per heavy atom. The molecule has 0 aliphatic carbocycles. The minimum atomic E-state index is 0. The van der Waals surface area contributed by atoms with Gasteiger partial charge >= 0.3 is 0 Å². The van der Waals surface area contributed by atoms with Crippen LogP contribution in [0.1, 0.15) is 18.9 Å². The summed E-state index contributed by atoms with van der Waals surface area (Å²) in [7, 11) is 0. The highest BCUT2D eigenvalue weighted by molar-refractivity contribution is 5.75. The molecule has 0 fully saturated rings. The van der Waals surface area contributed by atoms with Gasteiger partial charge in [-0.15, -0.1) is 0 Å². The maximum absolute atomic E-state index is 5.39. The second-order valence-corrected chi connectivity index (χ2v) is 3.93. The first-order chi connectivity index (χ1) is 8.81. The largest absolute Gasteiger partial charge is 0.290 e. The zero-order chi connectivity index (χ0) is 12.8. The summed E-state index contributed by atoms with van der Waals surface area (Å²) < 4.78 is 0. The average Bonchev–Trinajstić information content (AvgIpc) is 2.45. The molecule has 0 unspecified atom stereocenters. The highest BCUT2D eigenvalue weighted by atomic mass is 28.1. The lowest BCUT2D eigenvalue weighted by Crippen LogP contribution is -2.02. The van der Waals surface area contributed by atoms with Crippen LogP contribution < -0.4 is 9.78 Å². The van der Waals surface area contributed by atoms with Gasteiger partial charge in [-0.05, 0) is 41.2 Å². The Balaban J connectivity index is 0.00000180. The van der Waals surface area contributed by atoms with Gasteiger partial charge in [0.05, 0.1) is 0 Å². The summed E-state index contributed by atoms with van der Waals surface area (Å²) in [6.07, 6.45) is 0.881. The van der Waals surface area contributed by atoms with Crippen molar-refractivity contribution in [1.82, 2.24) is 0 Å². The molecule has 0 aliphatic heterocycles. The molecule has 19 heavy (non-hydrogen) atoms. The van der Waals surface area contributed by atoms with Crippen LogP contribution in [0, 0.1) is 0 Å². The van der Waals surface area contributed by atoms with Gasteiger partial charge < -0.3 is 0 Å². The Kier molecular flexibility index (Phi) is 5.89. The van der Waals surface area contributed by atoms with E-state index in [-0.39, 0.29) is 11.0 Å². The van der Waals surface area contributed by atoms with Crippen LogP contribution in [0.4, 0.5) is 0 Å². The average molecular weight is 272 g/mol. The standard InChI is InChI=1S/C16H16O2.H4Si/c1-3-13(2)15-11-7-8-12-16(15)18-17-14-9-5-4-6-10-14;/h4-12H,2-3H2,1H3;1H4. The monoisotopic (exact) mass is 272 g/mol. The van der Waals surface area contributed by atoms with E-state index in [9.17, 15) is 0 Å². The predicted octanol–water partition coefficient (Wildman–Crippen LogP) is 3.03. The molecule has 2 rings (SSSR count). The third-order valence-corrected chi connectivity index (χ3v) is 2.67. The normalized spacial score (nSPS) is 9.32. The molecule has 0 bridgehead atoms. The summed E-state index contributed by atoms with van der Waals surface area (Å²) in [5, 5.41) is 0. The van der Waals surface area contributed by atoms with Gasteiger partial charge in [0, 0.05) is 5.56 Å². The molecule has 0 amide bonds. The quantitative estimate of drug-likeness (QED) is 0.473. The van der Waals surface area contributed by atoms with Crippen LogP contribution in [0.3, 0.4) is 0 Å². The lowest BCUT2D eigenvalue weighted by atomic mass is 10.0. The molecule has 0 radical (unpaired) electrons. The van der Waals surface area contributed by atoms with Crippen LogP contribution in [0.2, 0.25) is 0 Å². The van der Waals surface area contributed by atoms with Crippen LogP contribution in [0.15, 0.2) is 61.2 Å². The molecule has 0 N–H and O–H groups in total. The molecule has 0 saturated heterocycles. The molecular formula is C16H20O2Si. The van der Waals surface area contributed by atoms with Crippen LogP contribution in [-0.2, 0) is 0 Å². The van der Waals surface area contributed by atoms with Crippen molar-refractivity contribution in [3.05, 3.63) is 66.7 Å². The Hall–Kier alpha value is -2.00. The number of para-hydroxylation sites is 2. The molecule has 2 aromatic rings. The van der Waals surface area contributed by atoms with E-state index < -0.39 is 0 Å². The maximum Gasteiger partial charge on any atom is 0.186 e. The molecule has 0 heterocycles. The van der Waals surface area contributed by atoms with Crippen molar-refractivity contribution in [2.24, 2.45) is 0 Å². The smallest absolute Gasteiger partial charge is 0.186 e. The Labute approximate surface area is 118 Å². The van der Waals surface area contributed by atoms with Crippen LogP contribution in [0.25, 0.3) is 5.57 Å². The third kappa shape index (κ3) is 4.00. The predicted molar refractivity (Wildman–Crippen MR) is 84.8 cm³/mol. The third-order valence-electron chi connectivity index (χ3n) is 2.67. The van der Waals surface area contributed by atoms with Gasteiger partial charge in [-0.1, -0.05) is 49.9 Å². The number of allylic oxidation sites excluding steroid dienone is 1. The fraction of sp³-hybridized carbons (Fsp3) is 0.125. The van der Waals surface area contributed by atoms with Gasteiger partial charge in [0.1, 0.15) is 0 Å². The molecule has 0 spiro atoms. The minimum absolute atomic E-state index is 0. The second-order valence-electron chi connectivity index (χ2n) is 3.93. The first kappa shape index (κ1) is 15.1. The Morgan fingerprint density at radius 1 is 0.947 bits per heavy atom. The minimum Gasteiger partial charge on any atom is -0.290 e. The first-order valence-corrected chi connectivity index (χ1v) is 5.98. The van der Waals surface area contributed by atoms with Crippen molar-refractivity contribution >= 4 is 16.5 Å². The summed E-state index contributed by atoms with van der Waals surface area (Å²) in [4.78, 5) is 10.7. The summed E-state index contributed by atoms with van der Waals surface area (Å²) >= 11 is 0. The van der Waals surface area contributed by atoms with Crippen molar-refractivity contribution in [3.8, 4) is 11.5 Å². The van der Waals surface area contributed by atoms with E-state index in [1.807, 2.05) is 54.6 Å². The maximum atomic E-state index is 5.39. The van der Waals surface area contributed by atoms with E-state index in [2.05, 4.69) is 13.5 Å². The number of rotatable bonds is 5. The zero-order valence-corrected chi connectivity index (χ0v) is 10.4. The zero-order valence-electron chi connectivity index (χ0n) is 10.4. The highest BCUT2D eigenvalue weighted by Crippen LogP contribution is 2.27. The van der Waals surface area contributed by atoms with Crippen molar-refractivity contribution in [3.63, 3.8) is 0 Å². The van der Waals surface area contributed by atoms with Gasteiger partial charge in [-0.3, -0.25) is 9.78 Å². The molecule has 0 saturated carbocycles. The Morgan fingerprint density at radius 3 is 2.26 bits per heavy atom. The van der Waals surface area contributed by atoms with Gasteiger partial charge in [-0.2, -0.15) is 0 Å². The number of hydrogen-bond donors (Lipinski definition) is 0. The summed E-state index contributed by atoms with van der Waals surface area (Å²) in [5.74, 6) is 1.36. The van der Waals surface area contributed by atoms with Crippen molar-refractivity contribution < 1.29 is 9.78 Å². The van der Waals surface area contributed by atoms with E-state index in [0.29, 0.717) is 11.5 Å². The lowest BCUT2D eigenvalue weighted by molar-refractivity contribution is -0.100. The summed E-state index contributed by atoms with van der Waals surface area (Å²) in [5.41, 5.74) is 2.01. The molecule has 2 aromatic carbocycles. The van der Waals surface area contributed by atoms with Crippen molar-refractivity contribution in [2.45, 2.75) is 13.3 Å². The fourth-order valence-electron chi connectivity index (χ4n) is 1.59. The molecule has 0 atom stereocenters. The second kappa shape index (κ2) is 7.44. The SMILES string of the molecule is C=C(CC)c1ccccc1OOc1ccccc1.[SiH4]. The van der Waals surface area contributed by atoms with Gasteiger partial charge in [0.15, 0.2) is 11.5 Å². The van der Waals surface area contributed by atoms with Gasteiger partial charge in [0.2, 0.25) is 0 Å². The fourth-order valence-corrected chi connectivity index (χ4v) is 1.59. The van der Waals surface area contributed by atoms with Crippen LogP contribution in [-0.4, -0.2) is 11.0 Å². The van der Waals surface area contributed by atoms with Crippen LogP contribution >= 0.6 is 0 Å². The first-order valence-electron chi connectivity index (χ1n) is 5.98. The van der Waals surface area contributed by atoms with Gasteiger partial charge in [-0.25, -0.2) is 0 Å². The summed E-state index contributed by atoms with van der Waals surface area (Å²) in [6.45, 7) is 6.09. The van der Waals surface area contributed by atoms with Crippen LogP contribution in [0.5, 0.6) is 11.5 Å². The van der Waals surface area contributed by atoms with E-state index in [4.69, 9.17) is 9.78 Å². The molecule has 100 valence electrons. The number of hydrogen-bond acceptors (Lipinski definition) is 2. The Bertz CT molecular complexity index is 523. The molecule has 0 aromatic heterocycles. The van der Waals surface area contributed by atoms with E-state index in [0.717, 1.165) is 17.6 Å². The molecular weight excluding hydrogens is 252 g/mol. The highest BCUT2D eigenvalue weighted by Gasteiger charge is 2.06. The molecule has 3 heteroatoms. The van der Waals surface area contributed by atoms with Crippen molar-refractivity contribution in [2.75, 3.05) is 0 Å². The topological polar surface area (TPSA) is 18.5 Å².